The molecule has 0 amide bonds. The van der Waals surface area contributed by atoms with Gasteiger partial charge in [0.2, 0.25) is 0 Å². The molecule has 0 atom stereocenters. The van der Waals surface area contributed by atoms with Crippen LogP contribution in [0.25, 0.3) is 56.4 Å². The molecule has 1 heterocycles. The van der Waals surface area contributed by atoms with Crippen molar-refractivity contribution in [1.82, 2.24) is 15.0 Å². The van der Waals surface area contributed by atoms with Gasteiger partial charge >= 0.3 is 0 Å². The van der Waals surface area contributed by atoms with Crippen LogP contribution < -0.4 is 0 Å². The lowest BCUT2D eigenvalue weighted by Gasteiger charge is -2.12. The van der Waals surface area contributed by atoms with E-state index in [0.717, 1.165) is 27.8 Å². The Morgan fingerprint density at radius 2 is 0.611 bits per heavy atom. The Hall–Kier alpha value is -4.89. The minimum Gasteiger partial charge on any atom is -0.208 e. The largest absolute Gasteiger partial charge is 0.208 e. The van der Waals surface area contributed by atoms with Crippen molar-refractivity contribution in [2.45, 2.75) is 0 Å². The first-order valence-electron chi connectivity index (χ1n) is 12.0. The molecule has 36 heavy (non-hydrogen) atoms. The Bertz CT molecular complexity index is 1540. The van der Waals surface area contributed by atoms with E-state index in [2.05, 4.69) is 66.7 Å². The molecule has 0 aliphatic rings. The van der Waals surface area contributed by atoms with E-state index in [-0.39, 0.29) is 0 Å². The summed E-state index contributed by atoms with van der Waals surface area (Å²) in [5, 5.41) is 0. The first-order chi connectivity index (χ1) is 17.8. The lowest BCUT2D eigenvalue weighted by Crippen LogP contribution is -2.01. The summed E-state index contributed by atoms with van der Waals surface area (Å²) in [4.78, 5) is 14.7. The van der Waals surface area contributed by atoms with E-state index in [1.807, 2.05) is 72.8 Å². The van der Waals surface area contributed by atoms with Gasteiger partial charge in [-0.1, -0.05) is 140 Å². The van der Waals surface area contributed by atoms with Crippen LogP contribution in [0.15, 0.2) is 140 Å². The molecule has 0 radical (unpaired) electrons. The van der Waals surface area contributed by atoms with Gasteiger partial charge in [0.05, 0.1) is 0 Å². The molecule has 5 aromatic carbocycles. The molecular weight excluding hydrogens is 438 g/mol. The highest BCUT2D eigenvalue weighted by molar-refractivity contribution is 5.82. The summed E-state index contributed by atoms with van der Waals surface area (Å²) in [6.45, 7) is 0. The van der Waals surface area contributed by atoms with Crippen LogP contribution >= 0.6 is 0 Å². The SMILES string of the molecule is c1ccc(-c2ccc(-c3ccccc3-c3nc(-c4ccccc4)nc(-c4ccccc4)n3)cc2)cc1. The highest BCUT2D eigenvalue weighted by Gasteiger charge is 2.15. The molecule has 0 aliphatic heterocycles. The van der Waals surface area contributed by atoms with Crippen LogP contribution in [0.2, 0.25) is 0 Å². The maximum atomic E-state index is 4.93. The van der Waals surface area contributed by atoms with Gasteiger partial charge in [-0.05, 0) is 22.3 Å². The van der Waals surface area contributed by atoms with Gasteiger partial charge in [0.1, 0.15) is 0 Å². The highest BCUT2D eigenvalue weighted by atomic mass is 15.0. The normalized spacial score (nSPS) is 10.8. The standard InChI is InChI=1S/C33H23N3/c1-4-12-24(13-5-1)25-20-22-26(23-21-25)29-18-10-11-19-30(29)33-35-31(27-14-6-2-7-15-27)34-32(36-33)28-16-8-3-9-17-28/h1-23H. The van der Waals surface area contributed by atoms with E-state index in [4.69, 9.17) is 15.0 Å². The van der Waals surface area contributed by atoms with Crippen LogP contribution in [0.1, 0.15) is 0 Å². The summed E-state index contributed by atoms with van der Waals surface area (Å²) in [6, 6.07) is 47.5. The van der Waals surface area contributed by atoms with Gasteiger partial charge in [-0.2, -0.15) is 0 Å². The zero-order valence-electron chi connectivity index (χ0n) is 19.6. The Balaban J connectivity index is 1.48. The van der Waals surface area contributed by atoms with Crippen molar-refractivity contribution in [2.75, 3.05) is 0 Å². The summed E-state index contributed by atoms with van der Waals surface area (Å²) in [6.07, 6.45) is 0. The summed E-state index contributed by atoms with van der Waals surface area (Å²) < 4.78 is 0. The van der Waals surface area contributed by atoms with Gasteiger partial charge < -0.3 is 0 Å². The Morgan fingerprint density at radius 3 is 1.14 bits per heavy atom. The molecule has 6 rings (SSSR count). The van der Waals surface area contributed by atoms with Gasteiger partial charge in [-0.3, -0.25) is 0 Å². The van der Waals surface area contributed by atoms with Crippen molar-refractivity contribution >= 4 is 0 Å². The van der Waals surface area contributed by atoms with Gasteiger partial charge in [-0.25, -0.2) is 15.0 Å². The number of hydrogen-bond acceptors (Lipinski definition) is 3. The molecule has 3 nitrogen and oxygen atoms in total. The molecule has 0 fully saturated rings. The fourth-order valence-corrected chi connectivity index (χ4v) is 4.33. The van der Waals surface area contributed by atoms with E-state index in [1.54, 1.807) is 0 Å². The third-order valence-electron chi connectivity index (χ3n) is 6.17. The lowest BCUT2D eigenvalue weighted by molar-refractivity contribution is 1.07. The second kappa shape index (κ2) is 9.77. The smallest absolute Gasteiger partial charge is 0.164 e. The van der Waals surface area contributed by atoms with Crippen LogP contribution in [0.4, 0.5) is 0 Å². The van der Waals surface area contributed by atoms with E-state index >= 15 is 0 Å². The van der Waals surface area contributed by atoms with Crippen LogP contribution in [-0.4, -0.2) is 15.0 Å². The first kappa shape index (κ1) is 21.6. The number of benzene rings is 5. The van der Waals surface area contributed by atoms with Gasteiger partial charge in [-0.15, -0.1) is 0 Å². The van der Waals surface area contributed by atoms with Crippen molar-refractivity contribution in [1.29, 1.82) is 0 Å². The Kier molecular flexibility index (Phi) is 5.87. The maximum absolute atomic E-state index is 4.93. The van der Waals surface area contributed by atoms with Crippen molar-refractivity contribution in [3.8, 4) is 56.4 Å². The zero-order chi connectivity index (χ0) is 24.2. The van der Waals surface area contributed by atoms with Crippen LogP contribution in [0.3, 0.4) is 0 Å². The molecule has 0 bridgehead atoms. The maximum Gasteiger partial charge on any atom is 0.164 e. The quantitative estimate of drug-likeness (QED) is 0.260. The number of aromatic nitrogens is 3. The third kappa shape index (κ3) is 4.42. The molecule has 1 aromatic heterocycles. The highest BCUT2D eigenvalue weighted by Crippen LogP contribution is 2.33. The molecule has 0 saturated carbocycles. The molecule has 0 N–H and O–H groups in total. The van der Waals surface area contributed by atoms with Crippen LogP contribution in [0, 0.1) is 0 Å². The van der Waals surface area contributed by atoms with Crippen molar-refractivity contribution in [3.05, 3.63) is 140 Å². The minimum atomic E-state index is 0.658. The molecule has 0 aliphatic carbocycles. The molecule has 6 aromatic rings. The predicted octanol–water partition coefficient (Wildman–Crippen LogP) is 8.21. The fraction of sp³-hybridized carbons (Fsp3) is 0. The van der Waals surface area contributed by atoms with Gasteiger partial charge in [0, 0.05) is 16.7 Å². The molecule has 0 saturated heterocycles. The number of hydrogen-bond donors (Lipinski definition) is 0. The molecule has 0 spiro atoms. The van der Waals surface area contributed by atoms with Crippen molar-refractivity contribution in [2.24, 2.45) is 0 Å². The minimum absolute atomic E-state index is 0.658. The van der Waals surface area contributed by atoms with Crippen LogP contribution in [-0.2, 0) is 0 Å². The predicted molar refractivity (Wildman–Crippen MR) is 147 cm³/mol. The van der Waals surface area contributed by atoms with Crippen LogP contribution in [0.5, 0.6) is 0 Å². The summed E-state index contributed by atoms with van der Waals surface area (Å²) >= 11 is 0. The molecular formula is C33H23N3. The topological polar surface area (TPSA) is 38.7 Å². The lowest BCUT2D eigenvalue weighted by atomic mass is 9.96. The molecule has 0 unspecified atom stereocenters. The second-order valence-corrected chi connectivity index (χ2v) is 8.53. The summed E-state index contributed by atoms with van der Waals surface area (Å²) in [5.74, 6) is 1.98. The average Bonchev–Trinajstić information content (AvgIpc) is 2.98. The molecule has 3 heteroatoms. The van der Waals surface area contributed by atoms with Crippen molar-refractivity contribution < 1.29 is 0 Å². The average molecular weight is 462 g/mol. The fourth-order valence-electron chi connectivity index (χ4n) is 4.33. The van der Waals surface area contributed by atoms with Gasteiger partial charge in [0.15, 0.2) is 17.5 Å². The first-order valence-corrected chi connectivity index (χ1v) is 12.0. The summed E-state index contributed by atoms with van der Waals surface area (Å²) in [7, 11) is 0. The molecule has 170 valence electrons. The number of nitrogens with zero attached hydrogens (tertiary/aromatic N) is 3. The van der Waals surface area contributed by atoms with E-state index < -0.39 is 0 Å². The monoisotopic (exact) mass is 461 g/mol. The summed E-state index contributed by atoms with van der Waals surface area (Å²) in [5.41, 5.74) is 7.49. The third-order valence-corrected chi connectivity index (χ3v) is 6.17. The number of rotatable bonds is 5. The Morgan fingerprint density at radius 1 is 0.250 bits per heavy atom. The second-order valence-electron chi connectivity index (χ2n) is 8.53. The van der Waals surface area contributed by atoms with Gasteiger partial charge in [0.25, 0.3) is 0 Å². The van der Waals surface area contributed by atoms with E-state index in [0.29, 0.717) is 17.5 Å². The zero-order valence-corrected chi connectivity index (χ0v) is 19.6. The van der Waals surface area contributed by atoms with E-state index in [9.17, 15) is 0 Å². The Labute approximate surface area is 210 Å². The van der Waals surface area contributed by atoms with Crippen molar-refractivity contribution in [3.63, 3.8) is 0 Å². The van der Waals surface area contributed by atoms with E-state index in [1.165, 1.54) is 11.1 Å².